The van der Waals surface area contributed by atoms with Gasteiger partial charge < -0.3 is 4.90 Å². The van der Waals surface area contributed by atoms with Crippen LogP contribution in [0.3, 0.4) is 0 Å². The first-order valence-electron chi connectivity index (χ1n) is 9.94. The van der Waals surface area contributed by atoms with E-state index in [1.54, 1.807) is 11.0 Å². The number of carbonyl (C=O) groups is 2. The molecule has 0 radical (unpaired) electrons. The van der Waals surface area contributed by atoms with Gasteiger partial charge in [0.05, 0.1) is 24.3 Å². The summed E-state index contributed by atoms with van der Waals surface area (Å²) in [5, 5.41) is 0. The molecule has 3 aliphatic rings. The van der Waals surface area contributed by atoms with Crippen LogP contribution in [-0.4, -0.2) is 78.9 Å². The number of piperidine rings is 1. The Morgan fingerprint density at radius 3 is 2.44 bits per heavy atom. The lowest BCUT2D eigenvalue weighted by Gasteiger charge is -2.28. The van der Waals surface area contributed by atoms with Crippen LogP contribution in [0.4, 0.5) is 0 Å². The molecule has 0 saturated carbocycles. The number of nitrogens with zero attached hydrogens (tertiary/aromatic N) is 3. The van der Waals surface area contributed by atoms with Crippen molar-refractivity contribution in [2.24, 2.45) is 11.8 Å². The van der Waals surface area contributed by atoms with Gasteiger partial charge in [0.2, 0.25) is 21.8 Å². The Morgan fingerprint density at radius 1 is 1.19 bits per heavy atom. The molecule has 3 saturated heterocycles. The highest BCUT2D eigenvalue weighted by Gasteiger charge is 2.58. The second-order valence-electron chi connectivity index (χ2n) is 8.31. The molecular formula is C19H31N3O4S. The van der Waals surface area contributed by atoms with E-state index in [1.807, 2.05) is 19.9 Å². The number of hydrogen-bond donors (Lipinski definition) is 0. The van der Waals surface area contributed by atoms with Crippen molar-refractivity contribution in [2.75, 3.05) is 32.4 Å². The molecule has 3 heterocycles. The lowest BCUT2D eigenvalue weighted by molar-refractivity contribution is -0.131. The summed E-state index contributed by atoms with van der Waals surface area (Å²) in [7, 11) is -3.63. The first kappa shape index (κ1) is 20.3. The van der Waals surface area contributed by atoms with Crippen molar-refractivity contribution in [3.05, 3.63) is 12.2 Å². The molecule has 0 aliphatic carbocycles. The van der Waals surface area contributed by atoms with Crippen molar-refractivity contribution in [2.45, 2.75) is 51.6 Å². The van der Waals surface area contributed by atoms with Crippen molar-refractivity contribution >= 4 is 21.8 Å². The van der Waals surface area contributed by atoms with E-state index in [0.29, 0.717) is 13.0 Å². The van der Waals surface area contributed by atoms with Crippen molar-refractivity contribution in [1.82, 2.24) is 14.1 Å². The molecule has 0 aromatic carbocycles. The van der Waals surface area contributed by atoms with Crippen molar-refractivity contribution < 1.29 is 18.0 Å². The van der Waals surface area contributed by atoms with Gasteiger partial charge in [0.1, 0.15) is 0 Å². The normalized spacial score (nSPS) is 29.9. The minimum atomic E-state index is -3.63. The lowest BCUT2D eigenvalue weighted by Crippen LogP contribution is -2.43. The highest BCUT2D eigenvalue weighted by atomic mass is 32.2. The van der Waals surface area contributed by atoms with Crippen LogP contribution < -0.4 is 0 Å². The first-order chi connectivity index (χ1) is 12.7. The van der Waals surface area contributed by atoms with E-state index in [9.17, 15) is 18.0 Å². The van der Waals surface area contributed by atoms with E-state index >= 15 is 0 Å². The molecule has 2 amide bonds. The van der Waals surface area contributed by atoms with Gasteiger partial charge in [0.25, 0.3) is 0 Å². The van der Waals surface area contributed by atoms with E-state index in [4.69, 9.17) is 0 Å². The molecule has 7 nitrogen and oxygen atoms in total. The molecule has 0 unspecified atom stereocenters. The number of rotatable bonds is 5. The molecule has 0 N–H and O–H groups in total. The number of carbonyl (C=O) groups excluding carboxylic acids is 2. The van der Waals surface area contributed by atoms with Gasteiger partial charge in [-0.25, -0.2) is 12.7 Å². The van der Waals surface area contributed by atoms with Gasteiger partial charge in [-0.05, 0) is 38.3 Å². The van der Waals surface area contributed by atoms with Gasteiger partial charge in [-0.1, -0.05) is 26.3 Å². The summed E-state index contributed by atoms with van der Waals surface area (Å²) in [4.78, 5) is 29.6. The predicted octanol–water partition coefficient (Wildman–Crippen LogP) is 1.07. The van der Waals surface area contributed by atoms with E-state index in [2.05, 4.69) is 4.90 Å². The number of likely N-dealkylation sites (tertiary alicyclic amines) is 2. The molecule has 0 aromatic heterocycles. The molecule has 3 atom stereocenters. The minimum Gasteiger partial charge on any atom is -0.333 e. The zero-order valence-corrected chi connectivity index (χ0v) is 17.3. The van der Waals surface area contributed by atoms with Crippen LogP contribution in [0.2, 0.25) is 0 Å². The molecule has 0 aromatic rings. The molecule has 8 heteroatoms. The highest BCUT2D eigenvalue weighted by Crippen LogP contribution is 2.41. The minimum absolute atomic E-state index is 0.0255. The van der Waals surface area contributed by atoms with E-state index in [-0.39, 0.29) is 23.8 Å². The largest absolute Gasteiger partial charge is 0.333 e. The van der Waals surface area contributed by atoms with Crippen molar-refractivity contribution in [1.29, 1.82) is 0 Å². The second-order valence-corrected chi connectivity index (χ2v) is 10.2. The number of sulfonamides is 1. The van der Waals surface area contributed by atoms with E-state index in [0.717, 1.165) is 30.2 Å². The summed E-state index contributed by atoms with van der Waals surface area (Å²) < 4.78 is 25.4. The summed E-state index contributed by atoms with van der Waals surface area (Å²) in [6.07, 6.45) is 8.77. The van der Waals surface area contributed by atoms with Crippen LogP contribution in [0.15, 0.2) is 12.2 Å². The lowest BCUT2D eigenvalue weighted by atomic mass is 9.88. The fourth-order valence-corrected chi connectivity index (χ4v) is 6.00. The maximum atomic E-state index is 12.8. The van der Waals surface area contributed by atoms with Crippen molar-refractivity contribution in [3.63, 3.8) is 0 Å². The topological polar surface area (TPSA) is 78.0 Å². The van der Waals surface area contributed by atoms with Gasteiger partial charge in [-0.15, -0.1) is 0 Å². The first-order valence-corrected chi connectivity index (χ1v) is 11.8. The summed E-state index contributed by atoms with van der Waals surface area (Å²) in [6, 6.07) is -0.793. The summed E-state index contributed by atoms with van der Waals surface area (Å²) in [5.41, 5.74) is 0. The third kappa shape index (κ3) is 4.06. The van der Waals surface area contributed by atoms with Crippen LogP contribution in [0, 0.1) is 11.8 Å². The van der Waals surface area contributed by atoms with E-state index < -0.39 is 22.0 Å². The summed E-state index contributed by atoms with van der Waals surface area (Å²) >= 11 is 0. The van der Waals surface area contributed by atoms with Crippen LogP contribution in [0.25, 0.3) is 0 Å². The Balaban J connectivity index is 1.73. The standard InChI is InChI=1S/C19H31N3O4S/c1-14(2)17-18-15(22(19(17)24)27(3,25)26)9-13-21(18)16(23)8-7-12-20-10-5-4-6-11-20/h7-8,14-15,17-18H,4-6,9-13H2,1-3H3/t15-,17+,18-/m0/s1. The number of amides is 2. The smallest absolute Gasteiger partial charge is 0.246 e. The van der Waals surface area contributed by atoms with Gasteiger partial charge in [-0.2, -0.15) is 0 Å². The van der Waals surface area contributed by atoms with Gasteiger partial charge in [0, 0.05) is 19.2 Å². The Kier molecular flexibility index (Phi) is 5.96. The predicted molar refractivity (Wildman–Crippen MR) is 103 cm³/mol. The summed E-state index contributed by atoms with van der Waals surface area (Å²) in [6.45, 7) is 7.22. The highest BCUT2D eigenvalue weighted by molar-refractivity contribution is 7.88. The van der Waals surface area contributed by atoms with Crippen LogP contribution in [0.5, 0.6) is 0 Å². The number of hydrogen-bond acceptors (Lipinski definition) is 5. The molecule has 152 valence electrons. The Labute approximate surface area is 162 Å². The van der Waals surface area contributed by atoms with Gasteiger partial charge in [-0.3, -0.25) is 14.5 Å². The molecule has 0 bridgehead atoms. The fourth-order valence-electron chi connectivity index (χ4n) is 4.83. The Hall–Kier alpha value is -1.41. The Bertz CT molecular complexity index is 712. The quantitative estimate of drug-likeness (QED) is 0.649. The van der Waals surface area contributed by atoms with Crippen LogP contribution in [-0.2, 0) is 19.6 Å². The molecule has 27 heavy (non-hydrogen) atoms. The van der Waals surface area contributed by atoms with Crippen molar-refractivity contribution in [3.8, 4) is 0 Å². The maximum absolute atomic E-state index is 12.8. The molecular weight excluding hydrogens is 366 g/mol. The van der Waals surface area contributed by atoms with Crippen LogP contribution >= 0.6 is 0 Å². The SMILES string of the molecule is CC(C)[C@H]1C(=O)N(S(C)(=O)=O)[C@H]2CCN(C(=O)C=CCN3CCCCC3)[C@H]12. The van der Waals surface area contributed by atoms with Gasteiger partial charge >= 0.3 is 0 Å². The van der Waals surface area contributed by atoms with Crippen LogP contribution in [0.1, 0.15) is 39.5 Å². The van der Waals surface area contributed by atoms with E-state index in [1.165, 1.54) is 19.3 Å². The average molecular weight is 398 g/mol. The monoisotopic (exact) mass is 397 g/mol. The Morgan fingerprint density at radius 2 is 1.85 bits per heavy atom. The summed E-state index contributed by atoms with van der Waals surface area (Å²) in [5.74, 6) is -0.972. The zero-order chi connectivity index (χ0) is 19.8. The molecule has 0 spiro atoms. The zero-order valence-electron chi connectivity index (χ0n) is 16.5. The molecule has 3 rings (SSSR count). The third-order valence-electron chi connectivity index (χ3n) is 6.02. The maximum Gasteiger partial charge on any atom is 0.246 e. The third-order valence-corrected chi connectivity index (χ3v) is 7.19. The fraction of sp³-hybridized carbons (Fsp3) is 0.789. The average Bonchev–Trinajstić information content (AvgIpc) is 3.11. The number of fused-ring (bicyclic) bond motifs is 1. The van der Waals surface area contributed by atoms with Gasteiger partial charge in [0.15, 0.2) is 0 Å². The second kappa shape index (κ2) is 7.91. The molecule has 3 fully saturated rings. The molecule has 3 aliphatic heterocycles.